The highest BCUT2D eigenvalue weighted by atomic mass is 35.5. The Bertz CT molecular complexity index is 676. The Balaban J connectivity index is 1.85. The standard InChI is InChI=1S/C17H21ClN4O2/c1-3-4-5-10-24-14-8-6-13(7-9-14)11-19-21-17(23)16-15(18)12-20-22(16)2/h6-9,11-12H,3-5,10H2,1-2H3,(H,21,23). The molecule has 24 heavy (non-hydrogen) atoms. The molecular formula is C17H21ClN4O2. The Morgan fingerprint density at radius 3 is 2.75 bits per heavy atom. The number of hydrogen-bond acceptors (Lipinski definition) is 4. The average molecular weight is 349 g/mol. The fourth-order valence-electron chi connectivity index (χ4n) is 2.08. The second kappa shape index (κ2) is 9.08. The number of amides is 1. The molecule has 1 N–H and O–H groups in total. The minimum atomic E-state index is -0.410. The third kappa shape index (κ3) is 5.09. The van der Waals surface area contributed by atoms with Crippen LogP contribution in [0.3, 0.4) is 0 Å². The minimum Gasteiger partial charge on any atom is -0.494 e. The fourth-order valence-corrected chi connectivity index (χ4v) is 2.33. The van der Waals surface area contributed by atoms with Gasteiger partial charge in [0.2, 0.25) is 0 Å². The number of ether oxygens (including phenoxy) is 1. The van der Waals surface area contributed by atoms with Gasteiger partial charge in [0.1, 0.15) is 11.4 Å². The molecular weight excluding hydrogens is 328 g/mol. The molecule has 0 unspecified atom stereocenters. The molecule has 0 bridgehead atoms. The van der Waals surface area contributed by atoms with Crippen molar-refractivity contribution < 1.29 is 9.53 Å². The van der Waals surface area contributed by atoms with Crippen molar-refractivity contribution in [3.63, 3.8) is 0 Å². The zero-order valence-electron chi connectivity index (χ0n) is 13.8. The summed E-state index contributed by atoms with van der Waals surface area (Å²) in [7, 11) is 1.64. The van der Waals surface area contributed by atoms with E-state index in [1.165, 1.54) is 23.7 Å². The summed E-state index contributed by atoms with van der Waals surface area (Å²) in [6.07, 6.45) is 6.38. The van der Waals surface area contributed by atoms with Crippen molar-refractivity contribution in [2.45, 2.75) is 26.2 Å². The zero-order chi connectivity index (χ0) is 17.4. The van der Waals surface area contributed by atoms with Crippen molar-refractivity contribution in [3.05, 3.63) is 46.7 Å². The number of carbonyl (C=O) groups is 1. The molecule has 0 spiro atoms. The molecule has 0 atom stereocenters. The molecule has 2 aromatic rings. The van der Waals surface area contributed by atoms with E-state index >= 15 is 0 Å². The molecule has 128 valence electrons. The highest BCUT2D eigenvalue weighted by Gasteiger charge is 2.14. The van der Waals surface area contributed by atoms with Crippen LogP contribution in [0, 0.1) is 0 Å². The molecule has 0 fully saturated rings. The van der Waals surface area contributed by atoms with Gasteiger partial charge in [0.15, 0.2) is 0 Å². The van der Waals surface area contributed by atoms with E-state index in [4.69, 9.17) is 16.3 Å². The molecule has 1 aromatic carbocycles. The molecule has 0 saturated heterocycles. The minimum absolute atomic E-state index is 0.268. The Kier molecular flexibility index (Phi) is 6.81. The summed E-state index contributed by atoms with van der Waals surface area (Å²) in [6, 6.07) is 7.52. The summed E-state index contributed by atoms with van der Waals surface area (Å²) in [5.74, 6) is 0.418. The van der Waals surface area contributed by atoms with Crippen LogP contribution in [0.2, 0.25) is 5.02 Å². The number of nitrogens with one attached hydrogen (secondary N) is 1. The second-order valence-corrected chi connectivity index (χ2v) is 5.70. The number of aryl methyl sites for hydroxylation is 1. The molecule has 0 saturated carbocycles. The molecule has 0 aliphatic rings. The molecule has 0 aliphatic heterocycles. The maximum atomic E-state index is 12.0. The molecule has 7 heteroatoms. The van der Waals surface area contributed by atoms with Crippen molar-refractivity contribution in [1.29, 1.82) is 0 Å². The van der Waals surface area contributed by atoms with Gasteiger partial charge in [0.05, 0.1) is 24.0 Å². The van der Waals surface area contributed by atoms with E-state index in [-0.39, 0.29) is 10.7 Å². The van der Waals surface area contributed by atoms with Crippen LogP contribution in [-0.2, 0) is 7.05 Å². The summed E-state index contributed by atoms with van der Waals surface area (Å²) in [5, 5.41) is 8.12. The van der Waals surface area contributed by atoms with Gasteiger partial charge in [0.25, 0.3) is 5.91 Å². The van der Waals surface area contributed by atoms with Crippen LogP contribution in [0.4, 0.5) is 0 Å². The van der Waals surface area contributed by atoms with Gasteiger partial charge in [-0.1, -0.05) is 31.4 Å². The van der Waals surface area contributed by atoms with E-state index in [9.17, 15) is 4.79 Å². The maximum Gasteiger partial charge on any atom is 0.291 e. The second-order valence-electron chi connectivity index (χ2n) is 5.29. The third-order valence-corrected chi connectivity index (χ3v) is 3.66. The topological polar surface area (TPSA) is 68.5 Å². The van der Waals surface area contributed by atoms with E-state index in [2.05, 4.69) is 22.5 Å². The predicted octanol–water partition coefficient (Wildman–Crippen LogP) is 3.41. The zero-order valence-corrected chi connectivity index (χ0v) is 14.6. The van der Waals surface area contributed by atoms with Gasteiger partial charge in [-0.3, -0.25) is 9.48 Å². The largest absolute Gasteiger partial charge is 0.494 e. The van der Waals surface area contributed by atoms with Crippen molar-refractivity contribution in [2.75, 3.05) is 6.61 Å². The van der Waals surface area contributed by atoms with Crippen LogP contribution >= 0.6 is 11.6 Å². The summed E-state index contributed by atoms with van der Waals surface area (Å²) in [4.78, 5) is 12.0. The number of rotatable bonds is 8. The Hall–Kier alpha value is -2.34. The molecule has 1 heterocycles. The number of hydrogen-bond donors (Lipinski definition) is 1. The lowest BCUT2D eigenvalue weighted by Crippen LogP contribution is -2.21. The first-order chi connectivity index (χ1) is 11.6. The number of halogens is 1. The summed E-state index contributed by atoms with van der Waals surface area (Å²) in [5.41, 5.74) is 3.55. The van der Waals surface area contributed by atoms with E-state index < -0.39 is 5.91 Å². The number of hydrazone groups is 1. The highest BCUT2D eigenvalue weighted by molar-refractivity contribution is 6.33. The SMILES string of the molecule is CCCCCOc1ccc(C=NNC(=O)c2c(Cl)cnn2C)cc1. The van der Waals surface area contributed by atoms with Gasteiger partial charge in [-0.05, 0) is 36.2 Å². The first-order valence-electron chi connectivity index (χ1n) is 7.85. The highest BCUT2D eigenvalue weighted by Crippen LogP contribution is 2.14. The van der Waals surface area contributed by atoms with Crippen molar-refractivity contribution >= 4 is 23.7 Å². The van der Waals surface area contributed by atoms with Crippen molar-refractivity contribution in [1.82, 2.24) is 15.2 Å². The number of aromatic nitrogens is 2. The Morgan fingerprint density at radius 1 is 1.38 bits per heavy atom. The molecule has 0 aliphatic carbocycles. The van der Waals surface area contributed by atoms with Crippen LogP contribution in [-0.4, -0.2) is 28.5 Å². The molecule has 1 amide bonds. The van der Waals surface area contributed by atoms with Crippen LogP contribution in [0.25, 0.3) is 0 Å². The lowest BCUT2D eigenvalue weighted by atomic mass is 10.2. The normalized spacial score (nSPS) is 11.0. The molecule has 1 aromatic heterocycles. The number of unbranched alkanes of at least 4 members (excludes halogenated alkanes) is 2. The van der Waals surface area contributed by atoms with E-state index in [0.717, 1.165) is 24.3 Å². The van der Waals surface area contributed by atoms with Crippen LogP contribution in [0.15, 0.2) is 35.6 Å². The van der Waals surface area contributed by atoms with Crippen molar-refractivity contribution in [2.24, 2.45) is 12.1 Å². The Labute approximate surface area is 146 Å². The van der Waals surface area contributed by atoms with Gasteiger partial charge in [0, 0.05) is 7.05 Å². The van der Waals surface area contributed by atoms with E-state index in [1.807, 2.05) is 24.3 Å². The quantitative estimate of drug-likeness (QED) is 0.451. The summed E-state index contributed by atoms with van der Waals surface area (Å²) >= 11 is 5.90. The summed E-state index contributed by atoms with van der Waals surface area (Å²) in [6.45, 7) is 2.89. The lowest BCUT2D eigenvalue weighted by Gasteiger charge is -2.05. The number of benzene rings is 1. The average Bonchev–Trinajstić information content (AvgIpc) is 2.91. The summed E-state index contributed by atoms with van der Waals surface area (Å²) < 4.78 is 7.04. The monoisotopic (exact) mass is 348 g/mol. The fraction of sp³-hybridized carbons (Fsp3) is 0.353. The van der Waals surface area contributed by atoms with Crippen LogP contribution in [0.1, 0.15) is 42.2 Å². The molecule has 2 rings (SSSR count). The van der Waals surface area contributed by atoms with Crippen molar-refractivity contribution in [3.8, 4) is 5.75 Å². The maximum absolute atomic E-state index is 12.0. The molecule has 0 radical (unpaired) electrons. The molecule has 6 nitrogen and oxygen atoms in total. The lowest BCUT2D eigenvalue weighted by molar-refractivity contribution is 0.0946. The van der Waals surface area contributed by atoms with E-state index in [0.29, 0.717) is 0 Å². The smallest absolute Gasteiger partial charge is 0.291 e. The van der Waals surface area contributed by atoms with Gasteiger partial charge in [-0.25, -0.2) is 5.43 Å². The predicted molar refractivity (Wildman–Crippen MR) is 94.7 cm³/mol. The van der Waals surface area contributed by atoms with Gasteiger partial charge >= 0.3 is 0 Å². The first kappa shape index (κ1) is 18.0. The van der Waals surface area contributed by atoms with Gasteiger partial charge < -0.3 is 4.74 Å². The van der Waals surface area contributed by atoms with Crippen LogP contribution < -0.4 is 10.2 Å². The first-order valence-corrected chi connectivity index (χ1v) is 8.23. The third-order valence-electron chi connectivity index (χ3n) is 3.39. The van der Waals surface area contributed by atoms with E-state index in [1.54, 1.807) is 13.3 Å². The van der Waals surface area contributed by atoms with Gasteiger partial charge in [-0.15, -0.1) is 0 Å². The van der Waals surface area contributed by atoms with Gasteiger partial charge in [-0.2, -0.15) is 10.2 Å². The van der Waals surface area contributed by atoms with Crippen LogP contribution in [0.5, 0.6) is 5.75 Å². The number of nitrogens with zero attached hydrogens (tertiary/aromatic N) is 3. The number of carbonyl (C=O) groups excluding carboxylic acids is 1. The Morgan fingerprint density at radius 2 is 2.12 bits per heavy atom.